The van der Waals surface area contributed by atoms with E-state index >= 15 is 0 Å². The Morgan fingerprint density at radius 3 is 2.31 bits per heavy atom. The highest BCUT2D eigenvalue weighted by Gasteiger charge is 2.23. The zero-order valence-corrected chi connectivity index (χ0v) is 11.5. The first kappa shape index (κ1) is 15.9. The second-order valence-electron chi connectivity index (χ2n) is 4.60. The molecule has 0 spiro atoms. The minimum absolute atomic E-state index is 0.604. The first-order valence-corrected chi connectivity index (χ1v) is 7.92. The van der Waals surface area contributed by atoms with Crippen LogP contribution in [-0.2, 0) is 10.1 Å². The smallest absolute Gasteiger partial charge is 0.0916 e. The van der Waals surface area contributed by atoms with Crippen LogP contribution in [0, 0.1) is 5.92 Å². The summed E-state index contributed by atoms with van der Waals surface area (Å²) in [7, 11) is -3.92. The summed E-state index contributed by atoms with van der Waals surface area (Å²) in [4.78, 5) is 1.85. The summed E-state index contributed by atoms with van der Waals surface area (Å²) in [6.45, 7) is 8.90. The molecule has 1 aliphatic heterocycles. The van der Waals surface area contributed by atoms with Crippen LogP contribution in [0.2, 0.25) is 0 Å². The second-order valence-corrected chi connectivity index (χ2v) is 6.01. The molecule has 0 aromatic heterocycles. The van der Waals surface area contributed by atoms with E-state index in [0.29, 0.717) is 6.26 Å². The van der Waals surface area contributed by atoms with Gasteiger partial charge < -0.3 is 9.45 Å². The molecule has 1 N–H and O–H groups in total. The van der Waals surface area contributed by atoms with Gasteiger partial charge in [0.2, 0.25) is 0 Å². The normalized spacial score (nSPS) is 25.0. The van der Waals surface area contributed by atoms with Crippen molar-refractivity contribution in [2.45, 2.75) is 39.5 Å². The highest BCUT2D eigenvalue weighted by atomic mass is 32.2. The number of likely N-dealkylation sites (tertiary alicyclic amines) is 1. The highest BCUT2D eigenvalue weighted by Crippen LogP contribution is 2.10. The molecule has 98 valence electrons. The van der Waals surface area contributed by atoms with Crippen LogP contribution in [0.15, 0.2) is 0 Å². The van der Waals surface area contributed by atoms with Crippen molar-refractivity contribution in [2.75, 3.05) is 25.9 Å². The molecular formula is C11H25NO3S. The minimum atomic E-state index is -3.92. The topological polar surface area (TPSA) is 61.6 Å². The molecule has 1 fully saturated rings. The molecule has 1 saturated heterocycles. The molecule has 0 aromatic carbocycles. The fraction of sp³-hybridized carbons (Fsp3) is 1.00. The molecule has 0 saturated carbocycles. The predicted octanol–water partition coefficient (Wildman–Crippen LogP) is 0.263. The molecule has 0 bridgehead atoms. The highest BCUT2D eigenvalue weighted by molar-refractivity contribution is 7.84. The molecule has 0 aromatic rings. The van der Waals surface area contributed by atoms with Crippen LogP contribution >= 0.6 is 0 Å². The Labute approximate surface area is 99.8 Å². The van der Waals surface area contributed by atoms with Gasteiger partial charge >= 0.3 is 0 Å². The Morgan fingerprint density at radius 1 is 1.31 bits per heavy atom. The molecule has 2 unspecified atom stereocenters. The second kappa shape index (κ2) is 8.03. The first-order chi connectivity index (χ1) is 7.36. The summed E-state index contributed by atoms with van der Waals surface area (Å²) < 4.78 is 27.2. The fourth-order valence-corrected chi connectivity index (χ4v) is 2.26. The predicted molar refractivity (Wildman–Crippen MR) is 64.5 cm³/mol. The van der Waals surface area contributed by atoms with Gasteiger partial charge in [-0.25, -0.2) is 8.42 Å². The van der Waals surface area contributed by atoms with Crippen molar-refractivity contribution >= 4 is 10.1 Å². The maximum Gasteiger partial charge on any atom is 0.0916 e. The summed E-state index contributed by atoms with van der Waals surface area (Å²) in [6.07, 6.45) is 6.29. The van der Waals surface area contributed by atoms with E-state index in [0.717, 1.165) is 5.92 Å². The average molecular weight is 251 g/mol. The van der Waals surface area contributed by atoms with E-state index in [1.165, 1.54) is 45.3 Å². The average Bonchev–Trinajstić information content (AvgIpc) is 2.51. The van der Waals surface area contributed by atoms with Crippen molar-refractivity contribution in [3.63, 3.8) is 0 Å². The van der Waals surface area contributed by atoms with Crippen molar-refractivity contribution in [1.82, 2.24) is 0 Å². The zero-order valence-electron chi connectivity index (χ0n) is 10.7. The Balaban J connectivity index is 0.000000385. The monoisotopic (exact) mass is 251 g/mol. The van der Waals surface area contributed by atoms with E-state index in [1.54, 1.807) is 0 Å². The van der Waals surface area contributed by atoms with E-state index in [2.05, 4.69) is 13.8 Å². The van der Waals surface area contributed by atoms with Gasteiger partial charge in [-0.05, 0) is 12.8 Å². The summed E-state index contributed by atoms with van der Waals surface area (Å²) in [5.41, 5.74) is 0. The van der Waals surface area contributed by atoms with E-state index in [-0.39, 0.29) is 0 Å². The molecule has 16 heavy (non-hydrogen) atoms. The van der Waals surface area contributed by atoms with Crippen LogP contribution in [0.3, 0.4) is 0 Å². The Bertz CT molecular complexity index is 244. The lowest BCUT2D eigenvalue weighted by Gasteiger charge is -2.11. The van der Waals surface area contributed by atoms with Crippen molar-refractivity contribution in [1.29, 1.82) is 0 Å². The molecule has 1 rings (SSSR count). The van der Waals surface area contributed by atoms with Gasteiger partial charge in [0.15, 0.2) is 0 Å². The number of nitrogens with one attached hydrogen (secondary N) is 1. The molecule has 1 aliphatic rings. The van der Waals surface area contributed by atoms with Crippen LogP contribution in [0.4, 0.5) is 0 Å². The Morgan fingerprint density at radius 2 is 1.88 bits per heavy atom. The molecular weight excluding hydrogens is 226 g/mol. The van der Waals surface area contributed by atoms with Crippen LogP contribution in [-0.4, -0.2) is 38.9 Å². The molecule has 0 radical (unpaired) electrons. The van der Waals surface area contributed by atoms with Crippen molar-refractivity contribution in [2.24, 2.45) is 5.92 Å². The van der Waals surface area contributed by atoms with Gasteiger partial charge in [-0.2, -0.15) is 0 Å². The van der Waals surface area contributed by atoms with E-state index < -0.39 is 10.1 Å². The number of rotatable bonds is 4. The quantitative estimate of drug-likeness (QED) is 0.729. The third-order valence-corrected chi connectivity index (χ3v) is 2.78. The van der Waals surface area contributed by atoms with E-state index in [9.17, 15) is 0 Å². The summed E-state index contributed by atoms with van der Waals surface area (Å²) in [5.74, 6) is 1.06. The Hall–Kier alpha value is -0.130. The van der Waals surface area contributed by atoms with Crippen molar-refractivity contribution in [3.8, 4) is 0 Å². The van der Waals surface area contributed by atoms with Crippen LogP contribution in [0.1, 0.15) is 39.5 Å². The van der Waals surface area contributed by atoms with Gasteiger partial charge in [0, 0.05) is 18.6 Å². The van der Waals surface area contributed by atoms with Gasteiger partial charge in [-0.3, -0.25) is 0 Å². The molecule has 1 heterocycles. The van der Waals surface area contributed by atoms with Gasteiger partial charge in [0.25, 0.3) is 0 Å². The van der Waals surface area contributed by atoms with Gasteiger partial charge in [0.1, 0.15) is 0 Å². The lowest BCUT2D eigenvalue weighted by Crippen LogP contribution is -3.10. The van der Waals surface area contributed by atoms with E-state index in [1.807, 2.05) is 4.90 Å². The fourth-order valence-electron chi connectivity index (χ4n) is 2.26. The van der Waals surface area contributed by atoms with Crippen molar-refractivity contribution < 1.29 is 17.9 Å². The number of hydrogen-bond donors (Lipinski definition) is 1. The zero-order chi connectivity index (χ0) is 12.6. The lowest BCUT2D eigenvalue weighted by molar-refractivity contribution is -0.889. The SMILES string of the molecule is CCCC1CC[NH+](CCC)C1.CS(=O)(=O)[O-]. The maximum absolute atomic E-state index is 9.08. The van der Waals surface area contributed by atoms with Crippen LogP contribution < -0.4 is 4.90 Å². The number of quaternary nitrogens is 1. The van der Waals surface area contributed by atoms with Crippen LogP contribution in [0.5, 0.6) is 0 Å². The molecule has 2 atom stereocenters. The molecule has 4 nitrogen and oxygen atoms in total. The summed E-state index contributed by atoms with van der Waals surface area (Å²) in [6, 6.07) is 0. The summed E-state index contributed by atoms with van der Waals surface area (Å²) >= 11 is 0. The Kier molecular flexibility index (Phi) is 7.97. The molecule has 0 amide bonds. The van der Waals surface area contributed by atoms with Gasteiger partial charge in [-0.15, -0.1) is 0 Å². The van der Waals surface area contributed by atoms with Crippen molar-refractivity contribution in [3.05, 3.63) is 0 Å². The molecule has 0 aliphatic carbocycles. The van der Waals surface area contributed by atoms with Gasteiger partial charge in [0.05, 0.1) is 29.8 Å². The maximum atomic E-state index is 9.08. The first-order valence-electron chi connectivity index (χ1n) is 6.11. The largest absolute Gasteiger partial charge is 0.748 e. The lowest BCUT2D eigenvalue weighted by atomic mass is 10.0. The number of hydrogen-bond acceptors (Lipinski definition) is 3. The standard InChI is InChI=1S/C10H21N.CH4O3S/c1-3-5-10-6-8-11(9-10)7-4-2;1-5(2,3)4/h10H,3-9H2,1-2H3;1H3,(H,2,3,4). The molecule has 5 heteroatoms. The summed E-state index contributed by atoms with van der Waals surface area (Å²) in [5, 5.41) is 0. The third-order valence-electron chi connectivity index (χ3n) is 2.78. The minimum Gasteiger partial charge on any atom is -0.748 e. The van der Waals surface area contributed by atoms with Gasteiger partial charge in [-0.1, -0.05) is 20.3 Å². The van der Waals surface area contributed by atoms with Crippen LogP contribution in [0.25, 0.3) is 0 Å². The third kappa shape index (κ3) is 10.4. The van der Waals surface area contributed by atoms with E-state index in [4.69, 9.17) is 13.0 Å².